The highest BCUT2D eigenvalue weighted by atomic mass is 19.1. The van der Waals surface area contributed by atoms with Gasteiger partial charge in [0.2, 0.25) is 0 Å². The summed E-state index contributed by atoms with van der Waals surface area (Å²) in [6.07, 6.45) is 1.97. The zero-order chi connectivity index (χ0) is 19.3. The SMILES string of the molecule is O=c1oc2ccccc2n1CCCN1CCCN(Cc2ccccc2F)CC1. The first-order valence-corrected chi connectivity index (χ1v) is 9.97. The van der Waals surface area contributed by atoms with Gasteiger partial charge >= 0.3 is 5.76 Å². The molecule has 148 valence electrons. The summed E-state index contributed by atoms with van der Waals surface area (Å²) in [6.45, 7) is 6.19. The van der Waals surface area contributed by atoms with Crippen LogP contribution in [0.15, 0.2) is 57.7 Å². The van der Waals surface area contributed by atoms with Crippen molar-refractivity contribution in [1.82, 2.24) is 14.4 Å². The Morgan fingerprint density at radius 1 is 0.893 bits per heavy atom. The molecule has 2 heterocycles. The number of halogens is 1. The third-order valence-electron chi connectivity index (χ3n) is 5.46. The minimum atomic E-state index is -0.284. The maximum absolute atomic E-state index is 13.9. The Bertz CT molecular complexity index is 981. The van der Waals surface area contributed by atoms with Crippen LogP contribution in [0.4, 0.5) is 4.39 Å². The molecule has 2 aromatic carbocycles. The van der Waals surface area contributed by atoms with E-state index in [9.17, 15) is 9.18 Å². The van der Waals surface area contributed by atoms with E-state index in [4.69, 9.17) is 4.42 Å². The lowest BCUT2D eigenvalue weighted by Crippen LogP contribution is -2.32. The van der Waals surface area contributed by atoms with Gasteiger partial charge in [0.1, 0.15) is 5.82 Å². The molecule has 1 saturated heterocycles. The molecule has 5 nitrogen and oxygen atoms in total. The Hall–Kier alpha value is -2.44. The second-order valence-corrected chi connectivity index (χ2v) is 7.40. The first-order chi connectivity index (χ1) is 13.7. The fourth-order valence-corrected chi connectivity index (χ4v) is 3.95. The Morgan fingerprint density at radius 3 is 2.54 bits per heavy atom. The van der Waals surface area contributed by atoms with E-state index in [1.165, 1.54) is 6.07 Å². The topological polar surface area (TPSA) is 41.6 Å². The molecule has 0 aliphatic carbocycles. The van der Waals surface area contributed by atoms with E-state index < -0.39 is 0 Å². The van der Waals surface area contributed by atoms with Gasteiger partial charge in [0.25, 0.3) is 0 Å². The largest absolute Gasteiger partial charge is 0.419 e. The minimum Gasteiger partial charge on any atom is -0.408 e. The predicted molar refractivity (Wildman–Crippen MR) is 108 cm³/mol. The van der Waals surface area contributed by atoms with E-state index in [-0.39, 0.29) is 11.6 Å². The highest BCUT2D eigenvalue weighted by Gasteiger charge is 2.16. The second kappa shape index (κ2) is 8.71. The molecular weight excluding hydrogens is 357 g/mol. The Labute approximate surface area is 164 Å². The highest BCUT2D eigenvalue weighted by molar-refractivity contribution is 5.72. The standard InChI is InChI=1S/C22H26FN3O2/c23-19-8-2-1-7-18(19)17-25-13-5-11-24(15-16-25)12-6-14-26-20-9-3-4-10-21(20)28-22(26)27/h1-4,7-10H,5-6,11-17H2. The molecule has 3 aromatic rings. The van der Waals surface area contributed by atoms with Crippen molar-refractivity contribution < 1.29 is 8.81 Å². The van der Waals surface area contributed by atoms with Crippen molar-refractivity contribution in [3.05, 3.63) is 70.5 Å². The molecule has 0 saturated carbocycles. The third-order valence-corrected chi connectivity index (χ3v) is 5.46. The van der Waals surface area contributed by atoms with Crippen molar-refractivity contribution in [2.75, 3.05) is 32.7 Å². The average molecular weight is 383 g/mol. The lowest BCUT2D eigenvalue weighted by molar-refractivity contribution is 0.245. The van der Waals surface area contributed by atoms with E-state index in [1.807, 2.05) is 36.4 Å². The number of fused-ring (bicyclic) bond motifs is 1. The molecule has 0 bridgehead atoms. The summed E-state index contributed by atoms with van der Waals surface area (Å²) in [7, 11) is 0. The number of hydrogen-bond acceptors (Lipinski definition) is 4. The molecule has 1 aromatic heterocycles. The second-order valence-electron chi connectivity index (χ2n) is 7.40. The van der Waals surface area contributed by atoms with Gasteiger partial charge in [-0.25, -0.2) is 9.18 Å². The summed E-state index contributed by atoms with van der Waals surface area (Å²) in [5, 5.41) is 0. The smallest absolute Gasteiger partial charge is 0.408 e. The van der Waals surface area contributed by atoms with Crippen LogP contribution in [0, 0.1) is 5.82 Å². The molecule has 0 amide bonds. The van der Waals surface area contributed by atoms with Gasteiger partial charge < -0.3 is 9.32 Å². The first kappa shape index (κ1) is 18.9. The Balaban J connectivity index is 1.29. The molecule has 6 heteroatoms. The normalized spacial score (nSPS) is 16.5. The molecule has 28 heavy (non-hydrogen) atoms. The lowest BCUT2D eigenvalue weighted by atomic mass is 10.2. The van der Waals surface area contributed by atoms with Crippen molar-refractivity contribution in [2.45, 2.75) is 25.9 Å². The number of oxazole rings is 1. The number of aryl methyl sites for hydroxylation is 1. The minimum absolute atomic E-state index is 0.124. The Kier molecular flexibility index (Phi) is 5.88. The predicted octanol–water partition coefficient (Wildman–Crippen LogP) is 3.33. The van der Waals surface area contributed by atoms with Gasteiger partial charge in [-0.05, 0) is 50.7 Å². The zero-order valence-electron chi connectivity index (χ0n) is 16.0. The molecular formula is C22H26FN3O2. The van der Waals surface area contributed by atoms with Crippen LogP contribution in [0.25, 0.3) is 11.1 Å². The van der Waals surface area contributed by atoms with Crippen LogP contribution in [-0.4, -0.2) is 47.1 Å². The van der Waals surface area contributed by atoms with E-state index in [1.54, 1.807) is 10.6 Å². The summed E-state index contributed by atoms with van der Waals surface area (Å²) in [5.74, 6) is -0.408. The fourth-order valence-electron chi connectivity index (χ4n) is 3.95. The zero-order valence-corrected chi connectivity index (χ0v) is 16.0. The summed E-state index contributed by atoms with van der Waals surface area (Å²) >= 11 is 0. The first-order valence-electron chi connectivity index (χ1n) is 9.97. The van der Waals surface area contributed by atoms with E-state index in [2.05, 4.69) is 9.80 Å². The van der Waals surface area contributed by atoms with Crippen molar-refractivity contribution in [1.29, 1.82) is 0 Å². The molecule has 1 fully saturated rings. The Morgan fingerprint density at radius 2 is 1.64 bits per heavy atom. The van der Waals surface area contributed by atoms with E-state index in [0.29, 0.717) is 18.7 Å². The number of nitrogens with zero attached hydrogens (tertiary/aromatic N) is 3. The van der Waals surface area contributed by atoms with Gasteiger partial charge in [-0.2, -0.15) is 0 Å². The van der Waals surface area contributed by atoms with Crippen molar-refractivity contribution in [3.8, 4) is 0 Å². The van der Waals surface area contributed by atoms with Crippen LogP contribution in [-0.2, 0) is 13.1 Å². The van der Waals surface area contributed by atoms with Crippen molar-refractivity contribution in [2.24, 2.45) is 0 Å². The van der Waals surface area contributed by atoms with Gasteiger partial charge in [0.05, 0.1) is 5.52 Å². The van der Waals surface area contributed by atoms with Crippen LogP contribution in [0.1, 0.15) is 18.4 Å². The van der Waals surface area contributed by atoms with Gasteiger partial charge in [-0.15, -0.1) is 0 Å². The monoisotopic (exact) mass is 383 g/mol. The third kappa shape index (κ3) is 4.34. The van der Waals surface area contributed by atoms with Gasteiger partial charge in [0, 0.05) is 31.7 Å². The molecule has 0 atom stereocenters. The maximum atomic E-state index is 13.9. The average Bonchev–Trinajstić information content (AvgIpc) is 2.86. The summed E-state index contributed by atoms with van der Waals surface area (Å²) in [6, 6.07) is 14.6. The molecule has 0 radical (unpaired) electrons. The van der Waals surface area contributed by atoms with E-state index >= 15 is 0 Å². The maximum Gasteiger partial charge on any atom is 0.419 e. The van der Waals surface area contributed by atoms with Crippen LogP contribution >= 0.6 is 0 Å². The number of benzene rings is 2. The number of hydrogen-bond donors (Lipinski definition) is 0. The molecule has 0 spiro atoms. The van der Waals surface area contributed by atoms with Crippen LogP contribution in [0.5, 0.6) is 0 Å². The summed E-state index contributed by atoms with van der Waals surface area (Å²) in [4.78, 5) is 16.8. The van der Waals surface area contributed by atoms with Crippen molar-refractivity contribution in [3.63, 3.8) is 0 Å². The van der Waals surface area contributed by atoms with Crippen LogP contribution in [0.2, 0.25) is 0 Å². The van der Waals surface area contributed by atoms with Gasteiger partial charge in [0.15, 0.2) is 5.58 Å². The van der Waals surface area contributed by atoms with Gasteiger partial charge in [-0.3, -0.25) is 9.47 Å². The molecule has 1 aliphatic heterocycles. The lowest BCUT2D eigenvalue weighted by Gasteiger charge is -2.22. The molecule has 4 rings (SSSR count). The fraction of sp³-hybridized carbons (Fsp3) is 0.409. The molecule has 0 unspecified atom stereocenters. The number of rotatable bonds is 6. The van der Waals surface area contributed by atoms with Crippen LogP contribution < -0.4 is 5.76 Å². The summed E-state index contributed by atoms with van der Waals surface area (Å²) < 4.78 is 20.9. The number of para-hydroxylation sites is 2. The van der Waals surface area contributed by atoms with Crippen LogP contribution in [0.3, 0.4) is 0 Å². The van der Waals surface area contributed by atoms with Gasteiger partial charge in [-0.1, -0.05) is 30.3 Å². The summed E-state index contributed by atoms with van der Waals surface area (Å²) in [5.41, 5.74) is 2.27. The molecule has 1 aliphatic rings. The molecule has 0 N–H and O–H groups in total. The number of aromatic nitrogens is 1. The highest BCUT2D eigenvalue weighted by Crippen LogP contribution is 2.14. The van der Waals surface area contributed by atoms with E-state index in [0.717, 1.165) is 56.6 Å². The quantitative estimate of drug-likeness (QED) is 0.655. The van der Waals surface area contributed by atoms with Crippen molar-refractivity contribution >= 4 is 11.1 Å².